The zero-order chi connectivity index (χ0) is 13.7. The molecular formula is C13H19NO4S. The van der Waals surface area contributed by atoms with Gasteiger partial charge in [0.1, 0.15) is 0 Å². The van der Waals surface area contributed by atoms with Gasteiger partial charge in [0, 0.05) is 13.2 Å². The maximum atomic E-state index is 12.3. The smallest absolute Gasteiger partial charge is 0.215 e. The number of nitrogens with one attached hydrogen (secondary N) is 1. The lowest BCUT2D eigenvalue weighted by atomic mass is 10.1. The van der Waals surface area contributed by atoms with E-state index in [-0.39, 0.29) is 6.61 Å². The van der Waals surface area contributed by atoms with Gasteiger partial charge in [-0.2, -0.15) is 0 Å². The summed E-state index contributed by atoms with van der Waals surface area (Å²) in [4.78, 5) is 0. The van der Waals surface area contributed by atoms with Gasteiger partial charge in [-0.1, -0.05) is 30.3 Å². The van der Waals surface area contributed by atoms with Crippen LogP contribution in [0, 0.1) is 0 Å². The third-order valence-electron chi connectivity index (χ3n) is 3.30. The van der Waals surface area contributed by atoms with E-state index in [1.165, 1.54) is 0 Å². The first kappa shape index (κ1) is 14.5. The van der Waals surface area contributed by atoms with Crippen molar-refractivity contribution < 1.29 is 18.3 Å². The standard InChI is InChI=1S/C13H19NO4S/c15-10-13(11-4-2-1-3-5-11)14-19(16,17)12-6-8-18-9-7-12/h1-5,12-15H,6-10H2/t13-/m1/s1. The molecule has 1 fully saturated rings. The molecule has 1 saturated heterocycles. The van der Waals surface area contributed by atoms with Gasteiger partial charge in [-0.3, -0.25) is 0 Å². The summed E-state index contributed by atoms with van der Waals surface area (Å²) in [6.45, 7) is 0.688. The first-order chi connectivity index (χ1) is 9.13. The normalized spacial score (nSPS) is 19.2. The van der Waals surface area contributed by atoms with E-state index in [9.17, 15) is 13.5 Å². The van der Waals surface area contributed by atoms with Crippen molar-refractivity contribution >= 4 is 10.0 Å². The van der Waals surface area contributed by atoms with Crippen molar-refractivity contribution in [1.29, 1.82) is 0 Å². The van der Waals surface area contributed by atoms with Crippen molar-refractivity contribution in [1.82, 2.24) is 4.72 Å². The summed E-state index contributed by atoms with van der Waals surface area (Å²) in [5, 5.41) is 8.96. The Morgan fingerprint density at radius 3 is 2.47 bits per heavy atom. The molecule has 0 aromatic heterocycles. The van der Waals surface area contributed by atoms with Crippen LogP contribution < -0.4 is 4.72 Å². The van der Waals surface area contributed by atoms with Crippen LogP contribution in [0.4, 0.5) is 0 Å². The number of hydrogen-bond donors (Lipinski definition) is 2. The molecule has 0 radical (unpaired) electrons. The lowest BCUT2D eigenvalue weighted by Crippen LogP contribution is -2.40. The highest BCUT2D eigenvalue weighted by Gasteiger charge is 2.30. The van der Waals surface area contributed by atoms with Crippen molar-refractivity contribution in [2.24, 2.45) is 0 Å². The highest BCUT2D eigenvalue weighted by Crippen LogP contribution is 2.19. The third-order valence-corrected chi connectivity index (χ3v) is 5.26. The van der Waals surface area contributed by atoms with Gasteiger partial charge in [0.2, 0.25) is 10.0 Å². The zero-order valence-electron chi connectivity index (χ0n) is 10.7. The van der Waals surface area contributed by atoms with E-state index >= 15 is 0 Å². The van der Waals surface area contributed by atoms with Crippen molar-refractivity contribution in [3.63, 3.8) is 0 Å². The van der Waals surface area contributed by atoms with Crippen molar-refractivity contribution in [3.05, 3.63) is 35.9 Å². The number of aliphatic hydroxyl groups excluding tert-OH is 1. The van der Waals surface area contributed by atoms with Crippen LogP contribution in [0.15, 0.2) is 30.3 Å². The Morgan fingerprint density at radius 2 is 1.89 bits per heavy atom. The summed E-state index contributed by atoms with van der Waals surface area (Å²) in [5.74, 6) is 0. The molecule has 6 heteroatoms. The molecule has 2 N–H and O–H groups in total. The van der Waals surface area contributed by atoms with Crippen molar-refractivity contribution in [2.45, 2.75) is 24.1 Å². The van der Waals surface area contributed by atoms with Gasteiger partial charge in [0.25, 0.3) is 0 Å². The molecule has 0 unspecified atom stereocenters. The van der Waals surface area contributed by atoms with Crippen LogP contribution in [0.3, 0.4) is 0 Å². The van der Waals surface area contributed by atoms with Crippen LogP contribution in [0.25, 0.3) is 0 Å². The molecule has 1 heterocycles. The first-order valence-corrected chi connectivity index (χ1v) is 7.93. The highest BCUT2D eigenvalue weighted by molar-refractivity contribution is 7.90. The van der Waals surface area contributed by atoms with Crippen LogP contribution in [-0.4, -0.2) is 38.6 Å². The quantitative estimate of drug-likeness (QED) is 0.840. The summed E-state index contributed by atoms with van der Waals surface area (Å²) >= 11 is 0. The van der Waals surface area contributed by atoms with E-state index in [2.05, 4.69) is 4.72 Å². The van der Waals surface area contributed by atoms with E-state index in [0.29, 0.717) is 26.1 Å². The highest BCUT2D eigenvalue weighted by atomic mass is 32.2. The van der Waals surface area contributed by atoms with Gasteiger partial charge in [-0.15, -0.1) is 0 Å². The Hall–Kier alpha value is -0.950. The van der Waals surface area contributed by atoms with Gasteiger partial charge in [0.05, 0.1) is 17.9 Å². The molecule has 19 heavy (non-hydrogen) atoms. The lowest BCUT2D eigenvalue weighted by Gasteiger charge is -2.25. The van der Waals surface area contributed by atoms with E-state index in [4.69, 9.17) is 4.74 Å². The molecule has 1 aromatic rings. The van der Waals surface area contributed by atoms with Gasteiger partial charge < -0.3 is 9.84 Å². The fourth-order valence-corrected chi connectivity index (χ4v) is 3.79. The van der Waals surface area contributed by atoms with Crippen LogP contribution in [0.1, 0.15) is 24.4 Å². The summed E-state index contributed by atoms with van der Waals surface area (Å²) in [5.41, 5.74) is 0.764. The zero-order valence-corrected chi connectivity index (χ0v) is 11.5. The molecule has 0 amide bonds. The molecule has 0 saturated carbocycles. The molecule has 1 atom stereocenters. The Labute approximate surface area is 113 Å². The van der Waals surface area contributed by atoms with Crippen LogP contribution in [0.5, 0.6) is 0 Å². The number of sulfonamides is 1. The molecule has 0 spiro atoms. The van der Waals surface area contributed by atoms with Crippen LogP contribution in [0.2, 0.25) is 0 Å². The van der Waals surface area contributed by atoms with Crippen molar-refractivity contribution in [3.8, 4) is 0 Å². The molecule has 1 aliphatic rings. The molecule has 1 aliphatic heterocycles. The molecule has 5 nitrogen and oxygen atoms in total. The fourth-order valence-electron chi connectivity index (χ4n) is 2.18. The average Bonchev–Trinajstić information content (AvgIpc) is 2.47. The number of hydrogen-bond acceptors (Lipinski definition) is 4. The molecule has 0 aliphatic carbocycles. The minimum Gasteiger partial charge on any atom is -0.394 e. The third kappa shape index (κ3) is 3.76. The number of rotatable bonds is 5. The lowest BCUT2D eigenvalue weighted by molar-refractivity contribution is 0.0980. The molecule has 0 bridgehead atoms. The van der Waals surface area contributed by atoms with Gasteiger partial charge in [-0.05, 0) is 18.4 Å². The second-order valence-corrected chi connectivity index (χ2v) is 6.61. The maximum Gasteiger partial charge on any atom is 0.215 e. The van der Waals surface area contributed by atoms with Crippen LogP contribution in [-0.2, 0) is 14.8 Å². The Bertz CT molecular complexity index is 483. The second-order valence-electron chi connectivity index (χ2n) is 4.62. The predicted molar refractivity (Wildman–Crippen MR) is 72.2 cm³/mol. The predicted octanol–water partition coefficient (Wildman–Crippen LogP) is 0.818. The second kappa shape index (κ2) is 6.47. The summed E-state index contributed by atoms with van der Waals surface area (Å²) in [7, 11) is -3.43. The molecule has 1 aromatic carbocycles. The van der Waals surface area contributed by atoms with E-state index in [1.54, 1.807) is 12.1 Å². The number of aliphatic hydroxyl groups is 1. The SMILES string of the molecule is O=S(=O)(N[C@H](CO)c1ccccc1)C1CCOCC1. The summed E-state index contributed by atoms with van der Waals surface area (Å²) < 4.78 is 32.3. The Balaban J connectivity index is 2.09. The number of ether oxygens (including phenoxy) is 1. The van der Waals surface area contributed by atoms with Crippen LogP contribution >= 0.6 is 0 Å². The first-order valence-electron chi connectivity index (χ1n) is 6.38. The van der Waals surface area contributed by atoms with Gasteiger partial charge >= 0.3 is 0 Å². The summed E-state index contributed by atoms with van der Waals surface area (Å²) in [6.07, 6.45) is 1.00. The largest absolute Gasteiger partial charge is 0.394 e. The Morgan fingerprint density at radius 1 is 1.26 bits per heavy atom. The fraction of sp³-hybridized carbons (Fsp3) is 0.538. The average molecular weight is 285 g/mol. The van der Waals surface area contributed by atoms with Crippen molar-refractivity contribution in [2.75, 3.05) is 19.8 Å². The van der Waals surface area contributed by atoms with Gasteiger partial charge in [-0.25, -0.2) is 13.1 Å². The van der Waals surface area contributed by atoms with Gasteiger partial charge in [0.15, 0.2) is 0 Å². The molecule has 106 valence electrons. The summed E-state index contributed by atoms with van der Waals surface area (Å²) in [6, 6.07) is 8.50. The Kier molecular flexibility index (Phi) is 4.93. The monoisotopic (exact) mass is 285 g/mol. The molecular weight excluding hydrogens is 266 g/mol. The van der Waals surface area contributed by atoms with E-state index in [1.807, 2.05) is 18.2 Å². The topological polar surface area (TPSA) is 75.6 Å². The number of benzene rings is 1. The maximum absolute atomic E-state index is 12.3. The minimum atomic E-state index is -3.43. The molecule has 2 rings (SSSR count). The van der Waals surface area contributed by atoms with E-state index in [0.717, 1.165) is 5.56 Å². The minimum absolute atomic E-state index is 0.257. The van der Waals surface area contributed by atoms with E-state index < -0.39 is 21.3 Å².